The molecule has 6 nitrogen and oxygen atoms in total. The molecule has 0 bridgehead atoms. The molecule has 0 aliphatic rings. The van der Waals surface area contributed by atoms with Crippen molar-refractivity contribution in [3.8, 4) is 0 Å². The zero-order chi connectivity index (χ0) is 16.3. The van der Waals surface area contributed by atoms with Crippen molar-refractivity contribution in [1.82, 2.24) is 4.72 Å². The van der Waals surface area contributed by atoms with Crippen LogP contribution in [0.25, 0.3) is 0 Å². The third-order valence-electron chi connectivity index (χ3n) is 2.42. The number of sulfonamides is 1. The van der Waals surface area contributed by atoms with Crippen LogP contribution in [0, 0.1) is 0 Å². The smallest absolute Gasteiger partial charge is 0.416 e. The van der Waals surface area contributed by atoms with Gasteiger partial charge in [-0.2, -0.15) is 17.9 Å². The molecule has 0 saturated heterocycles. The zero-order valence-electron chi connectivity index (χ0n) is 10.7. The number of aliphatic carboxylic acids is 1. The summed E-state index contributed by atoms with van der Waals surface area (Å²) in [5.41, 5.74) is -1.01. The lowest BCUT2D eigenvalue weighted by Gasteiger charge is -2.14. The van der Waals surface area contributed by atoms with E-state index in [1.54, 1.807) is 0 Å². The van der Waals surface area contributed by atoms with Crippen molar-refractivity contribution in [3.05, 3.63) is 29.8 Å². The first kappa shape index (κ1) is 17.4. The lowest BCUT2D eigenvalue weighted by Crippen LogP contribution is -2.43. The summed E-state index contributed by atoms with van der Waals surface area (Å²) in [6.07, 6.45) is -4.59. The fourth-order valence-electron chi connectivity index (χ4n) is 1.40. The summed E-state index contributed by atoms with van der Waals surface area (Å²) < 4.78 is 67.3. The molecule has 10 heteroatoms. The van der Waals surface area contributed by atoms with Crippen LogP contribution in [0.2, 0.25) is 0 Å². The molecule has 0 radical (unpaired) electrons. The lowest BCUT2D eigenvalue weighted by molar-refractivity contribution is -0.140. The minimum absolute atomic E-state index is 0.421. The minimum Gasteiger partial charge on any atom is -0.480 e. The highest BCUT2D eigenvalue weighted by Crippen LogP contribution is 2.29. The number of carboxylic acids is 1. The van der Waals surface area contributed by atoms with E-state index in [2.05, 4.69) is 4.74 Å². The Kier molecular flexibility index (Phi) is 5.31. The van der Waals surface area contributed by atoms with E-state index < -0.39 is 45.3 Å². The fourth-order valence-corrected chi connectivity index (χ4v) is 2.57. The van der Waals surface area contributed by atoms with Crippen molar-refractivity contribution in [3.63, 3.8) is 0 Å². The van der Waals surface area contributed by atoms with Crippen molar-refractivity contribution < 1.29 is 36.2 Å². The van der Waals surface area contributed by atoms with E-state index in [-0.39, 0.29) is 0 Å². The van der Waals surface area contributed by atoms with Crippen molar-refractivity contribution in [2.24, 2.45) is 0 Å². The van der Waals surface area contributed by atoms with Gasteiger partial charge >= 0.3 is 12.1 Å². The van der Waals surface area contributed by atoms with Gasteiger partial charge in [0, 0.05) is 7.11 Å². The van der Waals surface area contributed by atoms with Crippen LogP contribution in [0.4, 0.5) is 13.2 Å². The van der Waals surface area contributed by atoms with Crippen LogP contribution in [0.15, 0.2) is 29.2 Å². The third kappa shape index (κ3) is 4.69. The average Bonchev–Trinajstić information content (AvgIpc) is 2.37. The highest BCUT2D eigenvalue weighted by Gasteiger charge is 2.31. The van der Waals surface area contributed by atoms with E-state index in [0.717, 1.165) is 12.1 Å². The molecular formula is C11H12F3NO5S. The van der Waals surface area contributed by atoms with Gasteiger partial charge in [-0.25, -0.2) is 8.42 Å². The number of hydrogen-bond acceptors (Lipinski definition) is 4. The van der Waals surface area contributed by atoms with Gasteiger partial charge in [-0.1, -0.05) is 0 Å². The molecule has 0 amide bonds. The molecule has 0 heterocycles. The third-order valence-corrected chi connectivity index (χ3v) is 3.91. The predicted molar refractivity (Wildman–Crippen MR) is 65.1 cm³/mol. The van der Waals surface area contributed by atoms with Crippen molar-refractivity contribution in [2.45, 2.75) is 17.1 Å². The topological polar surface area (TPSA) is 92.7 Å². The van der Waals surface area contributed by atoms with E-state index in [0.29, 0.717) is 12.1 Å². The standard InChI is InChI=1S/C11H12F3NO5S/c1-20-6-9(10(16)17)15-21(18,19)8-4-2-7(3-5-8)11(12,13)14/h2-5,9,15H,6H2,1H3,(H,16,17). The van der Waals surface area contributed by atoms with Gasteiger partial charge in [-0.3, -0.25) is 4.79 Å². The largest absolute Gasteiger partial charge is 0.480 e. The first-order valence-corrected chi connectivity index (χ1v) is 6.97. The summed E-state index contributed by atoms with van der Waals surface area (Å²) in [6.45, 7) is -0.421. The van der Waals surface area contributed by atoms with Crippen LogP contribution in [0.1, 0.15) is 5.56 Å². The van der Waals surface area contributed by atoms with E-state index in [1.165, 1.54) is 7.11 Å². The van der Waals surface area contributed by atoms with Gasteiger partial charge in [0.1, 0.15) is 6.04 Å². The summed E-state index contributed by atoms with van der Waals surface area (Å²) in [5.74, 6) is -1.47. The van der Waals surface area contributed by atoms with E-state index in [1.807, 2.05) is 4.72 Å². The number of alkyl halides is 3. The Morgan fingerprint density at radius 1 is 1.33 bits per heavy atom. The first-order valence-electron chi connectivity index (χ1n) is 5.49. The molecule has 1 atom stereocenters. The molecule has 0 fully saturated rings. The number of ether oxygens (including phenoxy) is 1. The zero-order valence-corrected chi connectivity index (χ0v) is 11.5. The second kappa shape index (κ2) is 6.41. The Labute approximate surface area is 118 Å². The number of carboxylic acid groups (broad SMARTS) is 1. The van der Waals surface area contributed by atoms with Crippen molar-refractivity contribution in [1.29, 1.82) is 0 Å². The molecule has 0 aromatic heterocycles. The molecule has 1 rings (SSSR count). The molecule has 118 valence electrons. The van der Waals surface area contributed by atoms with Gasteiger partial charge in [0.25, 0.3) is 0 Å². The van der Waals surface area contributed by atoms with E-state index in [4.69, 9.17) is 5.11 Å². The SMILES string of the molecule is COCC(NS(=O)(=O)c1ccc(C(F)(F)F)cc1)C(=O)O. The van der Waals surface area contributed by atoms with Crippen LogP contribution in [0.5, 0.6) is 0 Å². The van der Waals surface area contributed by atoms with E-state index in [9.17, 15) is 26.4 Å². The van der Waals surface area contributed by atoms with Crippen molar-refractivity contribution >= 4 is 16.0 Å². The van der Waals surface area contributed by atoms with Gasteiger partial charge in [0.2, 0.25) is 10.0 Å². The molecule has 1 aromatic rings. The monoisotopic (exact) mass is 327 g/mol. The Hall–Kier alpha value is -1.65. The second-order valence-electron chi connectivity index (χ2n) is 3.99. The molecule has 1 unspecified atom stereocenters. The Morgan fingerprint density at radius 3 is 2.24 bits per heavy atom. The summed E-state index contributed by atoms with van der Waals surface area (Å²) in [7, 11) is -3.08. The lowest BCUT2D eigenvalue weighted by atomic mass is 10.2. The Bertz CT molecular complexity index is 597. The normalized spacial score (nSPS) is 13.9. The molecule has 21 heavy (non-hydrogen) atoms. The van der Waals surface area contributed by atoms with Gasteiger partial charge in [-0.15, -0.1) is 0 Å². The second-order valence-corrected chi connectivity index (χ2v) is 5.70. The number of nitrogens with one attached hydrogen (secondary N) is 1. The molecule has 0 spiro atoms. The number of hydrogen-bond donors (Lipinski definition) is 2. The molecule has 2 N–H and O–H groups in total. The van der Waals surface area contributed by atoms with Gasteiger partial charge in [0.15, 0.2) is 0 Å². The highest BCUT2D eigenvalue weighted by atomic mass is 32.2. The van der Waals surface area contributed by atoms with E-state index >= 15 is 0 Å². The Morgan fingerprint density at radius 2 is 1.86 bits per heavy atom. The van der Waals surface area contributed by atoms with Gasteiger partial charge in [-0.05, 0) is 24.3 Å². The molecule has 0 aliphatic heterocycles. The molecule has 0 aliphatic carbocycles. The quantitative estimate of drug-likeness (QED) is 0.816. The maximum atomic E-state index is 12.4. The first-order chi connectivity index (χ1) is 9.58. The molecule has 0 saturated carbocycles. The number of methoxy groups -OCH3 is 1. The molecule has 1 aromatic carbocycles. The molecular weight excluding hydrogens is 315 g/mol. The number of carbonyl (C=O) groups is 1. The Balaban J connectivity index is 3.00. The van der Waals surface area contributed by atoms with Crippen LogP contribution in [-0.2, 0) is 25.7 Å². The van der Waals surface area contributed by atoms with Crippen LogP contribution in [0.3, 0.4) is 0 Å². The number of benzene rings is 1. The summed E-state index contributed by atoms with van der Waals surface area (Å²) in [6, 6.07) is 1.15. The summed E-state index contributed by atoms with van der Waals surface area (Å²) in [5, 5.41) is 8.81. The van der Waals surface area contributed by atoms with Crippen LogP contribution < -0.4 is 4.72 Å². The van der Waals surface area contributed by atoms with Gasteiger partial charge in [0.05, 0.1) is 17.1 Å². The fraction of sp³-hybridized carbons (Fsp3) is 0.364. The number of halogens is 3. The maximum Gasteiger partial charge on any atom is 0.416 e. The van der Waals surface area contributed by atoms with Gasteiger partial charge < -0.3 is 9.84 Å². The predicted octanol–water partition coefficient (Wildman–Crippen LogP) is 1.08. The average molecular weight is 327 g/mol. The van der Waals surface area contributed by atoms with Crippen LogP contribution in [-0.4, -0.2) is 39.3 Å². The van der Waals surface area contributed by atoms with Crippen molar-refractivity contribution in [2.75, 3.05) is 13.7 Å². The minimum atomic E-state index is -4.59. The highest BCUT2D eigenvalue weighted by molar-refractivity contribution is 7.89. The summed E-state index contributed by atoms with van der Waals surface area (Å²) >= 11 is 0. The van der Waals surface area contributed by atoms with Crippen LogP contribution >= 0.6 is 0 Å². The number of rotatable bonds is 6. The summed E-state index contributed by atoms with van der Waals surface area (Å²) in [4.78, 5) is 10.4. The maximum absolute atomic E-state index is 12.4.